The Bertz CT molecular complexity index is 344. The van der Waals surface area contributed by atoms with Gasteiger partial charge in [-0.25, -0.2) is 0 Å². The second-order valence-corrected chi connectivity index (χ2v) is 4.27. The zero-order chi connectivity index (χ0) is 12.1. The van der Waals surface area contributed by atoms with Crippen LogP contribution < -0.4 is 16.2 Å². The van der Waals surface area contributed by atoms with Crippen LogP contribution in [0.25, 0.3) is 0 Å². The molecule has 1 aromatic carbocycles. The lowest BCUT2D eigenvalue weighted by molar-refractivity contribution is 0.340. The van der Waals surface area contributed by atoms with Crippen molar-refractivity contribution >= 4 is 11.6 Å². The lowest BCUT2D eigenvalue weighted by Gasteiger charge is -2.19. The van der Waals surface area contributed by atoms with Crippen LogP contribution in [0.15, 0.2) is 18.2 Å². The lowest BCUT2D eigenvalue weighted by atomic mass is 9.95. The molecule has 0 radical (unpaired) electrons. The molecule has 0 bridgehead atoms. The molecular weight excluding hydrogens is 224 g/mol. The fraction of sp³-hybridized carbons (Fsp3) is 0.500. The monoisotopic (exact) mass is 242 g/mol. The van der Waals surface area contributed by atoms with Crippen molar-refractivity contribution in [3.63, 3.8) is 0 Å². The van der Waals surface area contributed by atoms with E-state index in [1.807, 2.05) is 32.0 Å². The number of nitrogens with two attached hydrogens (primary N) is 2. The summed E-state index contributed by atoms with van der Waals surface area (Å²) in [5.41, 5.74) is 12.6. The molecule has 3 nitrogen and oxygen atoms in total. The van der Waals surface area contributed by atoms with E-state index in [4.69, 9.17) is 27.8 Å². The van der Waals surface area contributed by atoms with Gasteiger partial charge in [-0.1, -0.05) is 24.6 Å². The van der Waals surface area contributed by atoms with Crippen molar-refractivity contribution in [2.45, 2.75) is 19.9 Å². The van der Waals surface area contributed by atoms with Crippen molar-refractivity contribution in [3.05, 3.63) is 28.8 Å². The third-order valence-electron chi connectivity index (χ3n) is 2.63. The minimum Gasteiger partial charge on any atom is -0.492 e. The smallest absolute Gasteiger partial charge is 0.137 e. The number of hydrogen-bond donors (Lipinski definition) is 2. The van der Waals surface area contributed by atoms with Gasteiger partial charge in [0.05, 0.1) is 11.6 Å². The van der Waals surface area contributed by atoms with E-state index in [0.29, 0.717) is 23.9 Å². The maximum atomic E-state index is 6.09. The molecule has 0 aliphatic rings. The van der Waals surface area contributed by atoms with E-state index < -0.39 is 0 Å². The summed E-state index contributed by atoms with van der Waals surface area (Å²) in [5, 5.41) is 0.596. The van der Waals surface area contributed by atoms with E-state index in [1.165, 1.54) is 0 Å². The molecule has 4 N–H and O–H groups in total. The highest BCUT2D eigenvalue weighted by molar-refractivity contribution is 6.32. The lowest BCUT2D eigenvalue weighted by Crippen LogP contribution is -2.25. The molecule has 0 saturated heterocycles. The van der Waals surface area contributed by atoms with Crippen LogP contribution in [0, 0.1) is 5.92 Å². The summed E-state index contributed by atoms with van der Waals surface area (Å²) >= 11 is 6.09. The largest absolute Gasteiger partial charge is 0.492 e. The highest BCUT2D eigenvalue weighted by atomic mass is 35.5. The van der Waals surface area contributed by atoms with Gasteiger partial charge in [-0.15, -0.1) is 0 Å². The molecule has 0 aliphatic heterocycles. The summed E-state index contributed by atoms with van der Waals surface area (Å²) in [6, 6.07) is 5.56. The molecule has 0 aromatic heterocycles. The second-order valence-electron chi connectivity index (χ2n) is 3.86. The van der Waals surface area contributed by atoms with Crippen LogP contribution in [0.1, 0.15) is 25.5 Å². The van der Waals surface area contributed by atoms with Crippen molar-refractivity contribution < 1.29 is 4.74 Å². The number of ether oxygens (including phenoxy) is 1. The Morgan fingerprint density at radius 3 is 2.62 bits per heavy atom. The van der Waals surface area contributed by atoms with Gasteiger partial charge in [0, 0.05) is 6.04 Å². The molecule has 0 aliphatic carbocycles. The first-order chi connectivity index (χ1) is 7.60. The van der Waals surface area contributed by atoms with Crippen LogP contribution in [0.4, 0.5) is 0 Å². The zero-order valence-electron chi connectivity index (χ0n) is 9.74. The standard InChI is InChI=1S/C12H19ClN2O/c1-3-16-11-5-4-9(6-10(11)13)12(15)8(2)7-14/h4-6,8,12H,3,7,14-15H2,1-2H3. The normalized spacial score (nSPS) is 14.6. The van der Waals surface area contributed by atoms with Crippen LogP contribution in [0.3, 0.4) is 0 Å². The van der Waals surface area contributed by atoms with Crippen molar-refractivity contribution in [3.8, 4) is 5.75 Å². The first kappa shape index (κ1) is 13.3. The van der Waals surface area contributed by atoms with Gasteiger partial charge < -0.3 is 16.2 Å². The first-order valence-electron chi connectivity index (χ1n) is 5.48. The number of hydrogen-bond acceptors (Lipinski definition) is 3. The fourth-order valence-electron chi connectivity index (χ4n) is 1.47. The molecule has 4 heteroatoms. The van der Waals surface area contributed by atoms with Crippen molar-refractivity contribution in [2.75, 3.05) is 13.2 Å². The highest BCUT2D eigenvalue weighted by Crippen LogP contribution is 2.29. The maximum absolute atomic E-state index is 6.09. The topological polar surface area (TPSA) is 61.3 Å². The van der Waals surface area contributed by atoms with Gasteiger partial charge in [0.2, 0.25) is 0 Å². The zero-order valence-corrected chi connectivity index (χ0v) is 10.5. The summed E-state index contributed by atoms with van der Waals surface area (Å²) in [6.45, 7) is 5.11. The molecule has 90 valence electrons. The number of rotatable bonds is 5. The fourth-order valence-corrected chi connectivity index (χ4v) is 1.72. The summed E-state index contributed by atoms with van der Waals surface area (Å²) in [7, 11) is 0. The molecular formula is C12H19ClN2O. The van der Waals surface area contributed by atoms with Crippen molar-refractivity contribution in [1.29, 1.82) is 0 Å². The minimum atomic E-state index is -0.0850. The van der Waals surface area contributed by atoms with Gasteiger partial charge in [0.25, 0.3) is 0 Å². The Morgan fingerprint density at radius 1 is 1.44 bits per heavy atom. The Morgan fingerprint density at radius 2 is 2.12 bits per heavy atom. The Balaban J connectivity index is 2.87. The van der Waals surface area contributed by atoms with Gasteiger partial charge in [0.15, 0.2) is 0 Å². The molecule has 0 fully saturated rings. The predicted octanol–water partition coefficient (Wildman–Crippen LogP) is 2.33. The van der Waals surface area contributed by atoms with Gasteiger partial charge >= 0.3 is 0 Å². The van der Waals surface area contributed by atoms with Crippen LogP contribution in [0.2, 0.25) is 5.02 Å². The molecule has 1 aromatic rings. The van der Waals surface area contributed by atoms with Gasteiger partial charge in [0.1, 0.15) is 5.75 Å². The molecule has 0 saturated carbocycles. The Labute approximate surface area is 102 Å². The summed E-state index contributed by atoms with van der Waals surface area (Å²) in [5.74, 6) is 0.925. The number of halogens is 1. The van der Waals surface area contributed by atoms with E-state index in [1.54, 1.807) is 0 Å². The quantitative estimate of drug-likeness (QED) is 0.833. The molecule has 0 amide bonds. The molecule has 1 rings (SSSR count). The molecule has 16 heavy (non-hydrogen) atoms. The van der Waals surface area contributed by atoms with E-state index in [0.717, 1.165) is 5.56 Å². The third-order valence-corrected chi connectivity index (χ3v) is 2.92. The van der Waals surface area contributed by atoms with Crippen LogP contribution in [-0.4, -0.2) is 13.2 Å². The second kappa shape index (κ2) is 6.09. The SMILES string of the molecule is CCOc1ccc(C(N)C(C)CN)cc1Cl. The molecule has 0 heterocycles. The minimum absolute atomic E-state index is 0.0850. The van der Waals surface area contributed by atoms with Crippen LogP contribution in [0.5, 0.6) is 5.75 Å². The van der Waals surface area contributed by atoms with Crippen molar-refractivity contribution in [1.82, 2.24) is 0 Å². The van der Waals surface area contributed by atoms with Crippen LogP contribution >= 0.6 is 11.6 Å². The summed E-state index contributed by atoms with van der Waals surface area (Å²) < 4.78 is 5.36. The first-order valence-corrected chi connectivity index (χ1v) is 5.85. The van der Waals surface area contributed by atoms with E-state index in [9.17, 15) is 0 Å². The van der Waals surface area contributed by atoms with E-state index in [2.05, 4.69) is 0 Å². The van der Waals surface area contributed by atoms with Gasteiger partial charge in [-0.2, -0.15) is 0 Å². The third kappa shape index (κ3) is 3.11. The summed E-state index contributed by atoms with van der Waals surface area (Å²) in [4.78, 5) is 0. The Hall–Kier alpha value is -0.770. The van der Waals surface area contributed by atoms with E-state index >= 15 is 0 Å². The van der Waals surface area contributed by atoms with E-state index in [-0.39, 0.29) is 12.0 Å². The van der Waals surface area contributed by atoms with Gasteiger partial charge in [-0.3, -0.25) is 0 Å². The average molecular weight is 243 g/mol. The average Bonchev–Trinajstić information content (AvgIpc) is 2.30. The summed E-state index contributed by atoms with van der Waals surface area (Å²) in [6.07, 6.45) is 0. The predicted molar refractivity (Wildman–Crippen MR) is 67.8 cm³/mol. The molecule has 0 spiro atoms. The molecule has 2 atom stereocenters. The maximum Gasteiger partial charge on any atom is 0.137 e. The highest BCUT2D eigenvalue weighted by Gasteiger charge is 2.14. The molecule has 2 unspecified atom stereocenters. The van der Waals surface area contributed by atoms with Crippen LogP contribution in [-0.2, 0) is 0 Å². The van der Waals surface area contributed by atoms with Crippen molar-refractivity contribution in [2.24, 2.45) is 17.4 Å². The van der Waals surface area contributed by atoms with Gasteiger partial charge in [-0.05, 0) is 37.1 Å². The number of benzene rings is 1. The Kier molecular flexibility index (Phi) is 5.06.